The van der Waals surface area contributed by atoms with E-state index in [2.05, 4.69) is 25.9 Å². The van der Waals surface area contributed by atoms with Gasteiger partial charge in [0.1, 0.15) is 12.1 Å². The van der Waals surface area contributed by atoms with Crippen LogP contribution in [0.5, 0.6) is 11.6 Å². The number of non-ortho nitro benzene ring substituents is 1. The molecule has 1 aromatic heterocycles. The molecule has 0 saturated heterocycles. The minimum Gasteiger partial charge on any atom is -0.433 e. The van der Waals surface area contributed by atoms with Crippen molar-refractivity contribution in [3.63, 3.8) is 0 Å². The molecule has 9 nitrogen and oxygen atoms in total. The first-order chi connectivity index (χ1) is 9.88. The number of nitrogens with zero attached hydrogens (tertiary/aromatic N) is 4. The molecule has 0 aliphatic heterocycles. The van der Waals surface area contributed by atoms with Gasteiger partial charge in [0.05, 0.1) is 15.9 Å². The number of nitro groups is 2. The summed E-state index contributed by atoms with van der Waals surface area (Å²) in [6.07, 6.45) is 0.983. The third-order valence-electron chi connectivity index (χ3n) is 2.21. The molecule has 0 bridgehead atoms. The van der Waals surface area contributed by atoms with Crippen LogP contribution in [-0.2, 0) is 0 Å². The third-order valence-corrected chi connectivity index (χ3v) is 2.94. The fraction of sp³-hybridized carbons (Fsp3) is 0. The molecule has 0 N–H and O–H groups in total. The van der Waals surface area contributed by atoms with Crippen LogP contribution in [0, 0.1) is 20.2 Å². The minimum absolute atomic E-state index is 0.00561. The molecule has 0 aliphatic carbocycles. The molecule has 108 valence electrons. The lowest BCUT2D eigenvalue weighted by atomic mass is 10.3. The van der Waals surface area contributed by atoms with Crippen LogP contribution in [0.4, 0.5) is 11.4 Å². The average molecular weight is 376 g/mol. The zero-order valence-corrected chi connectivity index (χ0v) is 12.2. The highest BCUT2D eigenvalue weighted by Crippen LogP contribution is 2.35. The summed E-state index contributed by atoms with van der Waals surface area (Å²) in [5, 5.41) is 21.3. The topological polar surface area (TPSA) is 121 Å². The van der Waals surface area contributed by atoms with E-state index in [0.717, 1.165) is 12.4 Å². The molecule has 0 spiro atoms. The predicted octanol–water partition coefficient (Wildman–Crippen LogP) is 3.50. The number of aromatic nitrogens is 2. The van der Waals surface area contributed by atoms with Gasteiger partial charge >= 0.3 is 11.6 Å². The van der Waals surface area contributed by atoms with Crippen molar-refractivity contribution in [2.45, 2.75) is 0 Å². The average Bonchev–Trinajstić information content (AvgIpc) is 2.37. The van der Waals surface area contributed by atoms with Gasteiger partial charge in [-0.25, -0.2) is 4.98 Å². The Morgan fingerprint density at radius 1 is 1.14 bits per heavy atom. The van der Waals surface area contributed by atoms with Gasteiger partial charge in [0.2, 0.25) is 5.15 Å². The van der Waals surface area contributed by atoms with Gasteiger partial charge in [-0.2, -0.15) is 4.98 Å². The Kier molecular flexibility index (Phi) is 4.29. The van der Waals surface area contributed by atoms with E-state index in [1.54, 1.807) is 0 Å². The zero-order chi connectivity index (χ0) is 15.6. The Morgan fingerprint density at radius 3 is 2.48 bits per heavy atom. The molecule has 1 heterocycles. The van der Waals surface area contributed by atoms with Crippen molar-refractivity contribution in [2.24, 2.45) is 0 Å². The first kappa shape index (κ1) is 15.1. The van der Waals surface area contributed by atoms with Crippen molar-refractivity contribution in [1.82, 2.24) is 9.97 Å². The Bertz CT molecular complexity index is 741. The van der Waals surface area contributed by atoms with Crippen LogP contribution in [0.2, 0.25) is 5.15 Å². The molecule has 0 saturated carbocycles. The van der Waals surface area contributed by atoms with E-state index >= 15 is 0 Å². The van der Waals surface area contributed by atoms with Gasteiger partial charge in [-0.05, 0) is 6.07 Å². The number of nitro benzene ring substituents is 1. The van der Waals surface area contributed by atoms with Crippen LogP contribution in [0.3, 0.4) is 0 Å². The van der Waals surface area contributed by atoms with Crippen molar-refractivity contribution < 1.29 is 14.6 Å². The molecule has 0 fully saturated rings. The van der Waals surface area contributed by atoms with Crippen molar-refractivity contribution in [2.75, 3.05) is 0 Å². The van der Waals surface area contributed by atoms with Crippen LogP contribution in [0.25, 0.3) is 0 Å². The van der Waals surface area contributed by atoms with Crippen molar-refractivity contribution in [1.29, 1.82) is 0 Å². The second kappa shape index (κ2) is 5.97. The summed E-state index contributed by atoms with van der Waals surface area (Å²) < 4.78 is 5.58. The Labute approximate surface area is 130 Å². The second-order valence-electron chi connectivity index (χ2n) is 3.58. The lowest BCUT2D eigenvalue weighted by Crippen LogP contribution is -1.99. The maximum atomic E-state index is 10.9. The monoisotopic (exact) mass is 374 g/mol. The van der Waals surface area contributed by atoms with E-state index in [4.69, 9.17) is 16.3 Å². The minimum atomic E-state index is -0.802. The van der Waals surface area contributed by atoms with Gasteiger partial charge in [0, 0.05) is 10.5 Å². The van der Waals surface area contributed by atoms with Crippen molar-refractivity contribution in [3.8, 4) is 11.6 Å². The van der Waals surface area contributed by atoms with E-state index in [-0.39, 0.29) is 11.4 Å². The van der Waals surface area contributed by atoms with Crippen LogP contribution < -0.4 is 4.74 Å². The number of hydrogen-bond donors (Lipinski definition) is 0. The molecule has 21 heavy (non-hydrogen) atoms. The maximum Gasteiger partial charge on any atom is 0.368 e. The fourth-order valence-electron chi connectivity index (χ4n) is 1.39. The second-order valence-corrected chi connectivity index (χ2v) is 4.85. The molecule has 0 radical (unpaired) electrons. The normalized spacial score (nSPS) is 10.2. The molecule has 0 aliphatic rings. The van der Waals surface area contributed by atoms with E-state index in [1.165, 1.54) is 12.1 Å². The van der Waals surface area contributed by atoms with Crippen molar-refractivity contribution >= 4 is 38.9 Å². The SMILES string of the molecule is O=[N+]([O-])c1cc(Br)cc(Oc2ncnc(Cl)c2[N+](=O)[O-])c1. The molecule has 2 rings (SSSR count). The maximum absolute atomic E-state index is 10.9. The summed E-state index contributed by atoms with van der Waals surface area (Å²) in [7, 11) is 0. The van der Waals surface area contributed by atoms with Gasteiger partial charge in [0.25, 0.3) is 5.69 Å². The summed E-state index contributed by atoms with van der Waals surface area (Å²) in [4.78, 5) is 27.3. The van der Waals surface area contributed by atoms with Gasteiger partial charge in [-0.3, -0.25) is 20.2 Å². The molecular weight excluding hydrogens is 371 g/mol. The van der Waals surface area contributed by atoms with Gasteiger partial charge in [0.15, 0.2) is 0 Å². The molecule has 1 aromatic carbocycles. The summed E-state index contributed by atoms with van der Waals surface area (Å²) in [5.41, 5.74) is -0.871. The molecular formula is C10H4BrClN4O5. The molecule has 11 heteroatoms. The van der Waals surface area contributed by atoms with Crippen LogP contribution in [-0.4, -0.2) is 19.8 Å². The highest BCUT2D eigenvalue weighted by atomic mass is 79.9. The third kappa shape index (κ3) is 3.41. The number of ether oxygens (including phenoxy) is 1. The Hall–Kier alpha value is -2.33. The van der Waals surface area contributed by atoms with E-state index < -0.39 is 26.6 Å². The summed E-state index contributed by atoms with van der Waals surface area (Å²) in [6.45, 7) is 0. The van der Waals surface area contributed by atoms with Crippen molar-refractivity contribution in [3.05, 3.63) is 54.4 Å². The molecule has 0 unspecified atom stereocenters. The highest BCUT2D eigenvalue weighted by Gasteiger charge is 2.24. The Balaban J connectivity index is 2.46. The quantitative estimate of drug-likeness (QED) is 0.455. The van der Waals surface area contributed by atoms with Crippen LogP contribution in [0.15, 0.2) is 29.0 Å². The Morgan fingerprint density at radius 2 is 1.86 bits per heavy atom. The van der Waals surface area contributed by atoms with Gasteiger partial charge < -0.3 is 4.74 Å². The largest absolute Gasteiger partial charge is 0.433 e. The van der Waals surface area contributed by atoms with Gasteiger partial charge in [-0.1, -0.05) is 27.5 Å². The number of halogens is 2. The zero-order valence-electron chi connectivity index (χ0n) is 9.90. The summed E-state index contributed by atoms with van der Waals surface area (Å²) in [5.74, 6) is -0.415. The van der Waals surface area contributed by atoms with Gasteiger partial charge in [-0.15, -0.1) is 0 Å². The number of hydrogen-bond acceptors (Lipinski definition) is 7. The number of benzene rings is 1. The number of rotatable bonds is 4. The smallest absolute Gasteiger partial charge is 0.368 e. The fourth-order valence-corrected chi connectivity index (χ4v) is 2.05. The predicted molar refractivity (Wildman–Crippen MR) is 74.6 cm³/mol. The molecule has 0 atom stereocenters. The molecule has 2 aromatic rings. The summed E-state index contributed by atoms with van der Waals surface area (Å²) in [6, 6.07) is 3.76. The first-order valence-corrected chi connectivity index (χ1v) is 6.33. The van der Waals surface area contributed by atoms with E-state index in [1.807, 2.05) is 0 Å². The summed E-state index contributed by atoms with van der Waals surface area (Å²) >= 11 is 8.69. The van der Waals surface area contributed by atoms with Crippen LogP contribution in [0.1, 0.15) is 0 Å². The lowest BCUT2D eigenvalue weighted by molar-refractivity contribution is -0.386. The lowest BCUT2D eigenvalue weighted by Gasteiger charge is -2.06. The van der Waals surface area contributed by atoms with E-state index in [9.17, 15) is 20.2 Å². The van der Waals surface area contributed by atoms with Crippen LogP contribution >= 0.6 is 27.5 Å². The first-order valence-electron chi connectivity index (χ1n) is 5.16. The highest BCUT2D eigenvalue weighted by molar-refractivity contribution is 9.10. The standard InChI is InChI=1S/C10H4BrClN4O5/c11-5-1-6(15(17)18)3-7(2-5)21-10-8(16(19)20)9(12)13-4-14-10/h1-4H. The van der Waals surface area contributed by atoms with E-state index in [0.29, 0.717) is 4.47 Å². The molecule has 0 amide bonds.